The van der Waals surface area contributed by atoms with Gasteiger partial charge in [0.1, 0.15) is 6.17 Å². The second-order valence-electron chi connectivity index (χ2n) is 2.73. The minimum atomic E-state index is -0.104. The van der Waals surface area contributed by atoms with Crippen molar-refractivity contribution >= 4 is 5.57 Å². The zero-order chi connectivity index (χ0) is 8.39. The van der Waals surface area contributed by atoms with Crippen LogP contribution in [0.1, 0.15) is 5.56 Å². The van der Waals surface area contributed by atoms with E-state index >= 15 is 0 Å². The maximum Gasteiger partial charge on any atom is 0.100 e. The smallest absolute Gasteiger partial charge is 0.100 e. The summed E-state index contributed by atoms with van der Waals surface area (Å²) in [6.45, 7) is 0. The van der Waals surface area contributed by atoms with Gasteiger partial charge in [0, 0.05) is 11.8 Å². The number of hydrogen-bond donors (Lipinski definition) is 3. The first kappa shape index (κ1) is 7.34. The van der Waals surface area contributed by atoms with Crippen LogP contribution >= 0.6 is 0 Å². The van der Waals surface area contributed by atoms with E-state index in [0.29, 0.717) is 0 Å². The number of rotatable bonds is 1. The molecule has 0 fully saturated rings. The van der Waals surface area contributed by atoms with Crippen molar-refractivity contribution < 1.29 is 0 Å². The average molecular weight is 161 g/mol. The molecule has 2 rings (SSSR count). The Morgan fingerprint density at radius 3 is 2.50 bits per heavy atom. The summed E-state index contributed by atoms with van der Waals surface area (Å²) in [5.41, 5.74) is 13.8. The molecular formula is C9H11N3. The van der Waals surface area contributed by atoms with Gasteiger partial charge in [-0.3, -0.25) is 0 Å². The monoisotopic (exact) mass is 161 g/mol. The van der Waals surface area contributed by atoms with Crippen LogP contribution in [0.3, 0.4) is 0 Å². The van der Waals surface area contributed by atoms with Gasteiger partial charge in [0.25, 0.3) is 0 Å². The van der Waals surface area contributed by atoms with Crippen LogP contribution in [0.2, 0.25) is 0 Å². The van der Waals surface area contributed by atoms with Gasteiger partial charge in [0.05, 0.1) is 0 Å². The van der Waals surface area contributed by atoms with E-state index in [0.717, 1.165) is 11.1 Å². The number of benzene rings is 1. The quantitative estimate of drug-likeness (QED) is 0.559. The molecule has 3 heteroatoms. The average Bonchev–Trinajstić information content (AvgIpc) is 2.53. The lowest BCUT2D eigenvalue weighted by molar-refractivity contribution is 0.608. The van der Waals surface area contributed by atoms with E-state index in [2.05, 4.69) is 10.9 Å². The van der Waals surface area contributed by atoms with Gasteiger partial charge in [-0.1, -0.05) is 30.3 Å². The molecule has 1 aromatic rings. The Bertz CT molecular complexity index is 292. The van der Waals surface area contributed by atoms with Gasteiger partial charge < -0.3 is 11.2 Å². The standard InChI is InChI=1S/C9H11N3/c10-9-8(6-11-12-9)7-4-2-1-3-5-7/h1-6,9,11-12H,10H2. The lowest BCUT2D eigenvalue weighted by atomic mass is 10.1. The van der Waals surface area contributed by atoms with Crippen molar-refractivity contribution in [2.75, 3.05) is 0 Å². The summed E-state index contributed by atoms with van der Waals surface area (Å²) in [6.07, 6.45) is 1.78. The molecule has 0 bridgehead atoms. The Morgan fingerprint density at radius 2 is 1.92 bits per heavy atom. The Hall–Kier alpha value is -1.32. The lowest BCUT2D eigenvalue weighted by Gasteiger charge is -2.07. The fourth-order valence-corrected chi connectivity index (χ4v) is 1.27. The topological polar surface area (TPSA) is 50.1 Å². The summed E-state index contributed by atoms with van der Waals surface area (Å²) in [7, 11) is 0. The molecule has 1 unspecified atom stereocenters. The van der Waals surface area contributed by atoms with E-state index in [1.807, 2.05) is 36.5 Å². The molecule has 12 heavy (non-hydrogen) atoms. The van der Waals surface area contributed by atoms with Crippen LogP contribution in [0.15, 0.2) is 36.5 Å². The summed E-state index contributed by atoms with van der Waals surface area (Å²) in [5, 5.41) is 0. The number of hydrogen-bond acceptors (Lipinski definition) is 3. The summed E-state index contributed by atoms with van der Waals surface area (Å²) in [5.74, 6) is 0. The molecule has 0 aliphatic carbocycles. The first-order valence-corrected chi connectivity index (χ1v) is 3.90. The first-order valence-electron chi connectivity index (χ1n) is 3.90. The summed E-state index contributed by atoms with van der Waals surface area (Å²) in [4.78, 5) is 0. The molecule has 1 atom stereocenters. The van der Waals surface area contributed by atoms with Gasteiger partial charge in [-0.25, -0.2) is 5.43 Å². The molecule has 1 aliphatic rings. The molecule has 0 spiro atoms. The normalized spacial score (nSPS) is 21.8. The van der Waals surface area contributed by atoms with E-state index in [1.54, 1.807) is 0 Å². The third-order valence-electron chi connectivity index (χ3n) is 1.91. The van der Waals surface area contributed by atoms with Gasteiger partial charge >= 0.3 is 0 Å². The summed E-state index contributed by atoms with van der Waals surface area (Å²) < 4.78 is 0. The SMILES string of the molecule is NC1NNC=C1c1ccccc1. The lowest BCUT2D eigenvalue weighted by Crippen LogP contribution is -2.38. The molecule has 62 valence electrons. The Morgan fingerprint density at radius 1 is 1.17 bits per heavy atom. The van der Waals surface area contributed by atoms with E-state index in [9.17, 15) is 0 Å². The molecule has 3 nitrogen and oxygen atoms in total. The minimum absolute atomic E-state index is 0.104. The highest BCUT2D eigenvalue weighted by Crippen LogP contribution is 2.16. The maximum atomic E-state index is 5.77. The third kappa shape index (κ3) is 1.20. The fraction of sp³-hybridized carbons (Fsp3) is 0.111. The molecular weight excluding hydrogens is 150 g/mol. The largest absolute Gasteiger partial charge is 0.327 e. The molecule has 4 N–H and O–H groups in total. The molecule has 0 amide bonds. The highest BCUT2D eigenvalue weighted by atomic mass is 15.4. The van der Waals surface area contributed by atoms with Gasteiger partial charge in [0.15, 0.2) is 0 Å². The Kier molecular flexibility index (Phi) is 1.81. The van der Waals surface area contributed by atoms with Crippen molar-refractivity contribution in [2.24, 2.45) is 5.73 Å². The van der Waals surface area contributed by atoms with Crippen LogP contribution in [-0.2, 0) is 0 Å². The molecule has 1 aromatic carbocycles. The van der Waals surface area contributed by atoms with Crippen LogP contribution in [-0.4, -0.2) is 6.17 Å². The van der Waals surface area contributed by atoms with E-state index in [1.165, 1.54) is 0 Å². The van der Waals surface area contributed by atoms with Crippen LogP contribution in [0, 0.1) is 0 Å². The van der Waals surface area contributed by atoms with Crippen molar-refractivity contribution in [1.82, 2.24) is 10.9 Å². The highest BCUT2D eigenvalue weighted by molar-refractivity contribution is 5.70. The van der Waals surface area contributed by atoms with Crippen LogP contribution in [0.25, 0.3) is 5.57 Å². The predicted molar refractivity (Wildman–Crippen MR) is 48.7 cm³/mol. The molecule has 0 saturated carbocycles. The molecule has 1 aliphatic heterocycles. The molecule has 1 heterocycles. The molecule has 0 aromatic heterocycles. The summed E-state index contributed by atoms with van der Waals surface area (Å²) >= 11 is 0. The second-order valence-corrected chi connectivity index (χ2v) is 2.73. The Labute approximate surface area is 71.2 Å². The van der Waals surface area contributed by atoms with E-state index in [4.69, 9.17) is 5.73 Å². The van der Waals surface area contributed by atoms with Crippen molar-refractivity contribution in [2.45, 2.75) is 6.17 Å². The number of nitrogens with two attached hydrogens (primary N) is 1. The van der Waals surface area contributed by atoms with Crippen molar-refractivity contribution in [3.8, 4) is 0 Å². The summed E-state index contributed by atoms with van der Waals surface area (Å²) in [6, 6.07) is 10.1. The highest BCUT2D eigenvalue weighted by Gasteiger charge is 2.14. The third-order valence-corrected chi connectivity index (χ3v) is 1.91. The number of nitrogens with one attached hydrogen (secondary N) is 2. The van der Waals surface area contributed by atoms with Crippen LogP contribution in [0.4, 0.5) is 0 Å². The van der Waals surface area contributed by atoms with Gasteiger partial charge in [-0.2, -0.15) is 0 Å². The van der Waals surface area contributed by atoms with Crippen molar-refractivity contribution in [3.05, 3.63) is 42.1 Å². The van der Waals surface area contributed by atoms with Crippen LogP contribution in [0.5, 0.6) is 0 Å². The zero-order valence-electron chi connectivity index (χ0n) is 6.62. The first-order chi connectivity index (χ1) is 5.88. The van der Waals surface area contributed by atoms with Crippen LogP contribution < -0.4 is 16.6 Å². The van der Waals surface area contributed by atoms with Gasteiger partial charge in [-0.05, 0) is 5.56 Å². The van der Waals surface area contributed by atoms with Crippen molar-refractivity contribution in [1.29, 1.82) is 0 Å². The number of hydrazine groups is 1. The second kappa shape index (κ2) is 2.97. The zero-order valence-corrected chi connectivity index (χ0v) is 6.62. The Balaban J connectivity index is 2.31. The minimum Gasteiger partial charge on any atom is -0.327 e. The predicted octanol–water partition coefficient (Wildman–Crippen LogP) is 0.420. The fourth-order valence-electron chi connectivity index (χ4n) is 1.27. The molecule has 0 radical (unpaired) electrons. The van der Waals surface area contributed by atoms with Gasteiger partial charge in [0.2, 0.25) is 0 Å². The van der Waals surface area contributed by atoms with Crippen molar-refractivity contribution in [3.63, 3.8) is 0 Å². The van der Waals surface area contributed by atoms with Gasteiger partial charge in [-0.15, -0.1) is 0 Å². The molecule has 0 saturated heterocycles. The van der Waals surface area contributed by atoms with E-state index < -0.39 is 0 Å². The maximum absolute atomic E-state index is 5.77. The van der Waals surface area contributed by atoms with E-state index in [-0.39, 0.29) is 6.17 Å².